The second-order valence-corrected chi connectivity index (χ2v) is 6.50. The lowest BCUT2D eigenvalue weighted by atomic mass is 10.2. The van der Waals surface area contributed by atoms with Crippen LogP contribution in [0.5, 0.6) is 0 Å². The summed E-state index contributed by atoms with van der Waals surface area (Å²) in [4.78, 5) is 0.270. The minimum atomic E-state index is 0.0145. The van der Waals surface area contributed by atoms with Crippen LogP contribution in [0.4, 0.5) is 0 Å². The topological polar surface area (TPSA) is 0 Å². The maximum Gasteiger partial charge on any atom is 0.0994 e. The van der Waals surface area contributed by atoms with Gasteiger partial charge in [-0.3, -0.25) is 0 Å². The lowest BCUT2D eigenvalue weighted by Crippen LogP contribution is -1.78. The molecule has 1 aliphatic carbocycles. The van der Waals surface area contributed by atoms with Crippen LogP contribution < -0.4 is 0 Å². The van der Waals surface area contributed by atoms with Gasteiger partial charge in [-0.25, -0.2) is 0 Å². The maximum absolute atomic E-state index is 6.09. The van der Waals surface area contributed by atoms with Crippen molar-refractivity contribution in [3.05, 3.63) is 19.8 Å². The van der Waals surface area contributed by atoms with Crippen LogP contribution in [-0.4, -0.2) is 0 Å². The van der Waals surface area contributed by atoms with Crippen molar-refractivity contribution in [2.45, 2.75) is 16.6 Å². The van der Waals surface area contributed by atoms with Gasteiger partial charge >= 0.3 is 0 Å². The molecule has 2 rings (SSSR count). The molecule has 2 atom stereocenters. The van der Waals surface area contributed by atoms with Crippen molar-refractivity contribution >= 4 is 62.1 Å². The molecule has 0 aliphatic heterocycles. The van der Waals surface area contributed by atoms with E-state index in [0.717, 1.165) is 26.2 Å². The fourth-order valence-corrected chi connectivity index (χ4v) is 5.20. The van der Waals surface area contributed by atoms with Gasteiger partial charge in [0.2, 0.25) is 0 Å². The van der Waals surface area contributed by atoms with E-state index in [2.05, 4.69) is 15.9 Å². The molecule has 66 valence electrons. The molecule has 0 nitrogen and oxygen atoms in total. The number of halogens is 4. The minimum Gasteiger partial charge on any atom is -0.118 e. The van der Waals surface area contributed by atoms with Crippen LogP contribution in [0.1, 0.15) is 27.8 Å². The van der Waals surface area contributed by atoms with Gasteiger partial charge in [-0.1, -0.05) is 39.1 Å². The molecule has 0 N–H and O–H groups in total. The Morgan fingerprint density at radius 3 is 2.42 bits per heavy atom. The highest BCUT2D eigenvalue weighted by Gasteiger charge is 2.34. The van der Waals surface area contributed by atoms with Crippen LogP contribution in [0.3, 0.4) is 0 Å². The second kappa shape index (κ2) is 3.32. The third-order valence-electron chi connectivity index (χ3n) is 1.93. The zero-order valence-corrected chi connectivity index (χ0v) is 10.5. The zero-order valence-electron chi connectivity index (χ0n) is 5.78. The molecule has 0 unspecified atom stereocenters. The van der Waals surface area contributed by atoms with Gasteiger partial charge in [-0.05, 0) is 6.42 Å². The Kier molecular flexibility index (Phi) is 2.66. The molecule has 5 heteroatoms. The fourth-order valence-electron chi connectivity index (χ4n) is 1.40. The van der Waals surface area contributed by atoms with Gasteiger partial charge in [-0.15, -0.1) is 22.9 Å². The highest BCUT2D eigenvalue weighted by Crippen LogP contribution is 2.55. The summed E-state index contributed by atoms with van der Waals surface area (Å²) in [5.41, 5.74) is 2.11. The van der Waals surface area contributed by atoms with Crippen LogP contribution in [0.2, 0.25) is 8.67 Å². The first-order valence-corrected chi connectivity index (χ1v) is 6.29. The zero-order chi connectivity index (χ0) is 8.88. The molecule has 0 radical (unpaired) electrons. The highest BCUT2D eigenvalue weighted by atomic mass is 79.9. The van der Waals surface area contributed by atoms with Crippen molar-refractivity contribution in [1.29, 1.82) is 0 Å². The summed E-state index contributed by atoms with van der Waals surface area (Å²) < 4.78 is 1.50. The van der Waals surface area contributed by atoms with Gasteiger partial charge in [0, 0.05) is 16.0 Å². The molecule has 0 aromatic carbocycles. The van der Waals surface area contributed by atoms with E-state index in [1.54, 1.807) is 0 Å². The number of fused-ring (bicyclic) bond motifs is 1. The van der Waals surface area contributed by atoms with Crippen molar-refractivity contribution in [3.63, 3.8) is 0 Å². The molecule has 12 heavy (non-hydrogen) atoms. The van der Waals surface area contributed by atoms with Gasteiger partial charge in [0.1, 0.15) is 0 Å². The van der Waals surface area contributed by atoms with Crippen LogP contribution in [0.15, 0.2) is 0 Å². The van der Waals surface area contributed by atoms with Gasteiger partial charge in [0.25, 0.3) is 0 Å². The van der Waals surface area contributed by atoms with E-state index in [1.807, 2.05) is 0 Å². The van der Waals surface area contributed by atoms with Crippen LogP contribution in [0, 0.1) is 0 Å². The third-order valence-corrected chi connectivity index (χ3v) is 4.83. The van der Waals surface area contributed by atoms with Crippen molar-refractivity contribution < 1.29 is 0 Å². The smallest absolute Gasteiger partial charge is 0.0994 e. The summed E-state index contributed by atoms with van der Waals surface area (Å²) in [6, 6.07) is 0. The lowest BCUT2D eigenvalue weighted by molar-refractivity contribution is 0.874. The van der Waals surface area contributed by atoms with Crippen molar-refractivity contribution in [3.8, 4) is 0 Å². The third kappa shape index (κ3) is 1.32. The summed E-state index contributed by atoms with van der Waals surface area (Å²) in [7, 11) is 0. The molecule has 0 saturated carbocycles. The summed E-state index contributed by atoms with van der Waals surface area (Å²) in [5, 5.41) is 0.0145. The number of thiophene rings is 1. The molecular formula is C7H4BrCl3S. The molecule has 0 fully saturated rings. The Morgan fingerprint density at radius 1 is 1.25 bits per heavy atom. The Labute approximate surface area is 97.9 Å². The van der Waals surface area contributed by atoms with E-state index < -0.39 is 0 Å². The minimum absolute atomic E-state index is 0.0145. The normalized spacial score (nSPS) is 27.7. The summed E-state index contributed by atoms with van der Waals surface area (Å²) in [6.07, 6.45) is 0.874. The molecule has 0 spiro atoms. The van der Waals surface area contributed by atoms with E-state index in [1.165, 1.54) is 11.3 Å². The number of rotatable bonds is 0. The SMILES string of the molecule is Clc1sc(Cl)c2c1[C@H](Cl)C[C@H]2Br. The largest absolute Gasteiger partial charge is 0.118 e. The predicted octanol–water partition coefficient (Wildman–Crippen LogP) is 5.17. The Morgan fingerprint density at radius 2 is 1.83 bits per heavy atom. The van der Waals surface area contributed by atoms with Gasteiger partial charge in [-0.2, -0.15) is 0 Å². The van der Waals surface area contributed by atoms with Crippen LogP contribution in [0.25, 0.3) is 0 Å². The van der Waals surface area contributed by atoms with Crippen molar-refractivity contribution in [2.75, 3.05) is 0 Å². The number of hydrogen-bond acceptors (Lipinski definition) is 1. The first-order chi connectivity index (χ1) is 5.61. The molecule has 1 aliphatic rings. The summed E-state index contributed by atoms with van der Waals surface area (Å²) in [6.45, 7) is 0. The molecule has 1 aromatic rings. The first kappa shape index (κ1) is 9.60. The van der Waals surface area contributed by atoms with E-state index in [4.69, 9.17) is 34.8 Å². The van der Waals surface area contributed by atoms with Crippen LogP contribution >= 0.6 is 62.1 Å². The average molecular weight is 306 g/mol. The highest BCUT2D eigenvalue weighted by molar-refractivity contribution is 9.09. The first-order valence-electron chi connectivity index (χ1n) is 3.37. The van der Waals surface area contributed by atoms with E-state index in [0.29, 0.717) is 0 Å². The van der Waals surface area contributed by atoms with Crippen molar-refractivity contribution in [1.82, 2.24) is 0 Å². The molecule has 1 heterocycles. The maximum atomic E-state index is 6.09. The van der Waals surface area contributed by atoms with Gasteiger partial charge in [0.05, 0.1) is 14.0 Å². The van der Waals surface area contributed by atoms with Gasteiger partial charge in [0.15, 0.2) is 0 Å². The van der Waals surface area contributed by atoms with E-state index in [-0.39, 0.29) is 10.2 Å². The monoisotopic (exact) mass is 304 g/mol. The molecule has 0 amide bonds. The lowest BCUT2D eigenvalue weighted by Gasteiger charge is -1.99. The predicted molar refractivity (Wildman–Crippen MR) is 59.2 cm³/mol. The molecule has 0 saturated heterocycles. The van der Waals surface area contributed by atoms with Crippen molar-refractivity contribution in [2.24, 2.45) is 0 Å². The molecule has 1 aromatic heterocycles. The second-order valence-electron chi connectivity index (χ2n) is 2.65. The van der Waals surface area contributed by atoms with Crippen LogP contribution in [-0.2, 0) is 0 Å². The van der Waals surface area contributed by atoms with E-state index >= 15 is 0 Å². The van der Waals surface area contributed by atoms with E-state index in [9.17, 15) is 0 Å². The Bertz CT molecular complexity index is 294. The Balaban J connectivity index is 2.62. The molecule has 0 bridgehead atoms. The number of alkyl halides is 2. The summed E-state index contributed by atoms with van der Waals surface area (Å²) in [5.74, 6) is 0. The van der Waals surface area contributed by atoms with Gasteiger partial charge < -0.3 is 0 Å². The standard InChI is InChI=1S/C7H4BrCl3S/c8-2-1-3(9)5-4(2)6(10)12-7(5)11/h2-3H,1H2/t2-,3-/m1/s1. The molecular weight excluding hydrogens is 302 g/mol. The quantitative estimate of drug-likeness (QED) is 0.580. The number of hydrogen-bond donors (Lipinski definition) is 0. The fraction of sp³-hybridized carbons (Fsp3) is 0.429. The Hall–Kier alpha value is 1.05. The summed E-state index contributed by atoms with van der Waals surface area (Å²) >= 11 is 23.0. The average Bonchev–Trinajstić information content (AvgIpc) is 2.38.